The van der Waals surface area contributed by atoms with Crippen LogP contribution in [0.5, 0.6) is 0 Å². The van der Waals surface area contributed by atoms with Gasteiger partial charge in [0.1, 0.15) is 0 Å². The van der Waals surface area contributed by atoms with E-state index < -0.39 is 0 Å². The molecule has 3 aliphatic rings. The molecule has 0 amide bonds. The van der Waals surface area contributed by atoms with Gasteiger partial charge >= 0.3 is 0 Å². The molecule has 0 spiro atoms. The van der Waals surface area contributed by atoms with Gasteiger partial charge in [-0.25, -0.2) is 0 Å². The van der Waals surface area contributed by atoms with E-state index >= 15 is 0 Å². The molecule has 0 heterocycles. The van der Waals surface area contributed by atoms with Crippen LogP contribution in [0, 0.1) is 29.6 Å². The van der Waals surface area contributed by atoms with Crippen LogP contribution in [0.3, 0.4) is 0 Å². The normalized spacial score (nSPS) is 29.6. The van der Waals surface area contributed by atoms with Gasteiger partial charge in [-0.3, -0.25) is 0 Å². The topological polar surface area (TPSA) is 0 Å². The molecule has 0 aromatic carbocycles. The van der Waals surface area contributed by atoms with Crippen molar-refractivity contribution >= 4 is 0 Å². The van der Waals surface area contributed by atoms with Gasteiger partial charge in [0, 0.05) is 0 Å². The van der Waals surface area contributed by atoms with Crippen molar-refractivity contribution in [3.8, 4) is 0 Å². The van der Waals surface area contributed by atoms with Crippen LogP contribution in [0.15, 0.2) is 0 Å². The molecule has 3 saturated carbocycles. The maximum atomic E-state index is 2.65. The average molecular weight is 291 g/mol. The molecule has 0 N–H and O–H groups in total. The predicted octanol–water partition coefficient (Wildman–Crippen LogP) is 6.98. The summed E-state index contributed by atoms with van der Waals surface area (Å²) in [5.74, 6) is 5.38. The Morgan fingerprint density at radius 1 is 0.619 bits per heavy atom. The van der Waals surface area contributed by atoms with Gasteiger partial charge in [-0.2, -0.15) is 0 Å². The average Bonchev–Trinajstić information content (AvgIpc) is 3.08. The molecule has 21 heavy (non-hydrogen) atoms. The first-order valence-corrected chi connectivity index (χ1v) is 10.3. The summed E-state index contributed by atoms with van der Waals surface area (Å²) in [4.78, 5) is 0. The highest BCUT2D eigenvalue weighted by molar-refractivity contribution is 4.85. The molecule has 0 nitrogen and oxygen atoms in total. The number of hydrogen-bond acceptors (Lipinski definition) is 0. The Labute approximate surface area is 133 Å². The highest BCUT2D eigenvalue weighted by Crippen LogP contribution is 2.45. The van der Waals surface area contributed by atoms with Crippen LogP contribution < -0.4 is 0 Å². The van der Waals surface area contributed by atoms with Gasteiger partial charge in [-0.1, -0.05) is 96.8 Å². The van der Waals surface area contributed by atoms with Crippen molar-refractivity contribution in [3.05, 3.63) is 0 Å². The van der Waals surface area contributed by atoms with Gasteiger partial charge in [0.25, 0.3) is 0 Å². The summed E-state index contributed by atoms with van der Waals surface area (Å²) in [6.45, 7) is 2.65. The summed E-state index contributed by atoms with van der Waals surface area (Å²) < 4.78 is 0. The zero-order valence-corrected chi connectivity index (χ0v) is 14.5. The smallest absolute Gasteiger partial charge is 0.0355 e. The quantitative estimate of drug-likeness (QED) is 0.512. The van der Waals surface area contributed by atoms with Crippen molar-refractivity contribution in [3.63, 3.8) is 0 Å². The fraction of sp³-hybridized carbons (Fsp3) is 1.00. The van der Waals surface area contributed by atoms with Gasteiger partial charge in [0.05, 0.1) is 0 Å². The molecule has 3 rings (SSSR count). The van der Waals surface area contributed by atoms with Crippen LogP contribution in [0.2, 0.25) is 0 Å². The maximum absolute atomic E-state index is 2.65. The lowest BCUT2D eigenvalue weighted by atomic mass is 9.66. The van der Waals surface area contributed by atoms with E-state index in [-0.39, 0.29) is 0 Å². The van der Waals surface area contributed by atoms with E-state index in [2.05, 4.69) is 6.92 Å². The minimum absolute atomic E-state index is 1.03. The maximum Gasteiger partial charge on any atom is -0.0355 e. The summed E-state index contributed by atoms with van der Waals surface area (Å²) in [6.07, 6.45) is 23.1. The first-order valence-electron chi connectivity index (χ1n) is 10.3. The largest absolute Gasteiger partial charge is 0.0620 e. The third kappa shape index (κ3) is 4.26. The molecule has 122 valence electrons. The van der Waals surface area contributed by atoms with Gasteiger partial charge in [0.15, 0.2) is 0 Å². The van der Waals surface area contributed by atoms with Crippen LogP contribution >= 0.6 is 0 Å². The Morgan fingerprint density at radius 3 is 1.71 bits per heavy atom. The monoisotopic (exact) mass is 290 g/mol. The van der Waals surface area contributed by atoms with Gasteiger partial charge < -0.3 is 0 Å². The lowest BCUT2D eigenvalue weighted by molar-refractivity contribution is 0.107. The second kappa shape index (κ2) is 8.02. The number of rotatable bonds is 5. The standard InChI is InChI=1S/C21H38/c1-17(19-12-8-9-13-19)21(20-14-6-3-7-15-20)16-18-10-4-2-5-11-18/h17-21H,2-16H2,1H3. The Bertz CT molecular complexity index is 276. The third-order valence-corrected chi connectivity index (χ3v) is 7.40. The Balaban J connectivity index is 1.63. The molecule has 2 unspecified atom stereocenters. The summed E-state index contributed by atoms with van der Waals surface area (Å²) in [7, 11) is 0. The highest BCUT2D eigenvalue weighted by Gasteiger charge is 2.35. The summed E-state index contributed by atoms with van der Waals surface area (Å²) >= 11 is 0. The Hall–Kier alpha value is 0. The first kappa shape index (κ1) is 15.9. The minimum atomic E-state index is 1.03. The zero-order chi connectivity index (χ0) is 14.5. The van der Waals surface area contributed by atoms with E-state index in [0.29, 0.717) is 0 Å². The SMILES string of the molecule is CC(C1CCCC1)C(CC1CCCCC1)C1CCCCC1. The molecule has 0 heteroatoms. The van der Waals surface area contributed by atoms with Gasteiger partial charge in [-0.15, -0.1) is 0 Å². The van der Waals surface area contributed by atoms with Crippen molar-refractivity contribution in [2.75, 3.05) is 0 Å². The van der Waals surface area contributed by atoms with E-state index in [1.54, 1.807) is 44.9 Å². The molecule has 0 aliphatic heterocycles. The van der Waals surface area contributed by atoms with Crippen LogP contribution in [0.1, 0.15) is 103 Å². The Morgan fingerprint density at radius 2 is 1.10 bits per heavy atom. The van der Waals surface area contributed by atoms with E-state index in [0.717, 1.165) is 29.6 Å². The molecule has 0 bridgehead atoms. The predicted molar refractivity (Wildman–Crippen MR) is 92.4 cm³/mol. The number of hydrogen-bond donors (Lipinski definition) is 0. The van der Waals surface area contributed by atoms with Crippen molar-refractivity contribution < 1.29 is 0 Å². The molecule has 3 aliphatic carbocycles. The molecular weight excluding hydrogens is 252 g/mol. The molecular formula is C21H38. The zero-order valence-electron chi connectivity index (χ0n) is 14.5. The molecule has 0 aromatic rings. The molecule has 0 saturated heterocycles. The third-order valence-electron chi connectivity index (χ3n) is 7.40. The van der Waals surface area contributed by atoms with Crippen LogP contribution in [0.4, 0.5) is 0 Å². The highest BCUT2D eigenvalue weighted by atomic mass is 14.4. The van der Waals surface area contributed by atoms with E-state index in [9.17, 15) is 0 Å². The van der Waals surface area contributed by atoms with Crippen molar-refractivity contribution in [1.29, 1.82) is 0 Å². The van der Waals surface area contributed by atoms with Crippen molar-refractivity contribution in [2.45, 2.75) is 103 Å². The van der Waals surface area contributed by atoms with Crippen LogP contribution in [0.25, 0.3) is 0 Å². The van der Waals surface area contributed by atoms with Gasteiger partial charge in [0.2, 0.25) is 0 Å². The fourth-order valence-corrected chi connectivity index (χ4v) is 6.04. The molecule has 0 radical (unpaired) electrons. The van der Waals surface area contributed by atoms with Crippen molar-refractivity contribution in [1.82, 2.24) is 0 Å². The van der Waals surface area contributed by atoms with E-state index in [1.165, 1.54) is 51.4 Å². The summed E-state index contributed by atoms with van der Waals surface area (Å²) in [5.41, 5.74) is 0. The fourth-order valence-electron chi connectivity index (χ4n) is 6.04. The summed E-state index contributed by atoms with van der Waals surface area (Å²) in [6, 6.07) is 0. The van der Waals surface area contributed by atoms with E-state index in [4.69, 9.17) is 0 Å². The lowest BCUT2D eigenvalue weighted by Gasteiger charge is -2.39. The minimum Gasteiger partial charge on any atom is -0.0620 e. The first-order chi connectivity index (χ1) is 10.3. The Kier molecular flexibility index (Phi) is 6.07. The van der Waals surface area contributed by atoms with Crippen molar-refractivity contribution in [2.24, 2.45) is 29.6 Å². The second-order valence-electron chi connectivity index (χ2n) is 8.71. The molecule has 3 fully saturated rings. The second-order valence-corrected chi connectivity index (χ2v) is 8.71. The molecule has 0 aromatic heterocycles. The van der Waals surface area contributed by atoms with Crippen LogP contribution in [-0.2, 0) is 0 Å². The van der Waals surface area contributed by atoms with Gasteiger partial charge in [-0.05, 0) is 36.0 Å². The van der Waals surface area contributed by atoms with E-state index in [1.807, 2.05) is 0 Å². The molecule has 2 atom stereocenters. The summed E-state index contributed by atoms with van der Waals surface area (Å²) in [5, 5.41) is 0. The van der Waals surface area contributed by atoms with Crippen LogP contribution in [-0.4, -0.2) is 0 Å². The lowest BCUT2D eigenvalue weighted by Crippen LogP contribution is -2.30.